The molecule has 0 aromatic heterocycles. The SMILES string of the molecule is CCN(C1CCNC1)C1CCCc2ccc(OC)cc21. The summed E-state index contributed by atoms with van der Waals surface area (Å²) in [5.41, 5.74) is 3.02. The lowest BCUT2D eigenvalue weighted by atomic mass is 9.86. The molecule has 3 heteroatoms. The zero-order valence-electron chi connectivity index (χ0n) is 12.7. The molecule has 2 atom stereocenters. The summed E-state index contributed by atoms with van der Waals surface area (Å²) in [6.07, 6.45) is 5.09. The zero-order valence-corrected chi connectivity index (χ0v) is 12.7. The highest BCUT2D eigenvalue weighted by Gasteiger charge is 2.31. The van der Waals surface area contributed by atoms with Gasteiger partial charge in [0.2, 0.25) is 0 Å². The molecule has 1 aromatic carbocycles. The Hall–Kier alpha value is -1.06. The molecule has 0 bridgehead atoms. The molecule has 1 heterocycles. The molecule has 20 heavy (non-hydrogen) atoms. The number of rotatable bonds is 4. The second kappa shape index (κ2) is 6.15. The molecule has 0 spiro atoms. The highest BCUT2D eigenvalue weighted by Crippen LogP contribution is 2.37. The summed E-state index contributed by atoms with van der Waals surface area (Å²) in [7, 11) is 1.76. The first-order valence-corrected chi connectivity index (χ1v) is 7.96. The number of fused-ring (bicyclic) bond motifs is 1. The first-order chi connectivity index (χ1) is 9.83. The number of nitrogens with one attached hydrogen (secondary N) is 1. The predicted octanol–water partition coefficient (Wildman–Crippen LogP) is 2.76. The van der Waals surface area contributed by atoms with E-state index in [1.165, 1.54) is 43.4 Å². The van der Waals surface area contributed by atoms with E-state index in [4.69, 9.17) is 4.74 Å². The Morgan fingerprint density at radius 3 is 2.95 bits per heavy atom. The number of aryl methyl sites for hydroxylation is 1. The van der Waals surface area contributed by atoms with Gasteiger partial charge in [-0.1, -0.05) is 13.0 Å². The van der Waals surface area contributed by atoms with Gasteiger partial charge in [0.15, 0.2) is 0 Å². The summed E-state index contributed by atoms with van der Waals surface area (Å²) >= 11 is 0. The van der Waals surface area contributed by atoms with Gasteiger partial charge in [-0.3, -0.25) is 4.90 Å². The first kappa shape index (κ1) is 13.9. The van der Waals surface area contributed by atoms with E-state index in [1.807, 2.05) is 0 Å². The summed E-state index contributed by atoms with van der Waals surface area (Å²) in [5.74, 6) is 0.997. The van der Waals surface area contributed by atoms with Crippen molar-refractivity contribution in [3.8, 4) is 5.75 Å². The van der Waals surface area contributed by atoms with Gasteiger partial charge < -0.3 is 10.1 Å². The summed E-state index contributed by atoms with van der Waals surface area (Å²) in [4.78, 5) is 2.71. The maximum absolute atomic E-state index is 5.44. The van der Waals surface area contributed by atoms with Crippen molar-refractivity contribution in [2.75, 3.05) is 26.7 Å². The average Bonchev–Trinajstić information content (AvgIpc) is 3.02. The number of likely N-dealkylation sites (N-methyl/N-ethyl adjacent to an activating group) is 1. The molecule has 110 valence electrons. The topological polar surface area (TPSA) is 24.5 Å². The van der Waals surface area contributed by atoms with Crippen molar-refractivity contribution in [1.29, 1.82) is 0 Å². The molecule has 1 aliphatic carbocycles. The van der Waals surface area contributed by atoms with Crippen molar-refractivity contribution in [3.05, 3.63) is 29.3 Å². The van der Waals surface area contributed by atoms with Gasteiger partial charge in [0, 0.05) is 18.6 Å². The molecule has 0 radical (unpaired) electrons. The minimum Gasteiger partial charge on any atom is -0.497 e. The molecule has 1 aromatic rings. The van der Waals surface area contributed by atoms with Crippen molar-refractivity contribution in [2.24, 2.45) is 0 Å². The van der Waals surface area contributed by atoms with E-state index in [0.29, 0.717) is 12.1 Å². The Balaban J connectivity index is 1.90. The number of benzene rings is 1. The molecular weight excluding hydrogens is 248 g/mol. The highest BCUT2D eigenvalue weighted by molar-refractivity contribution is 5.39. The number of hydrogen-bond donors (Lipinski definition) is 1. The van der Waals surface area contributed by atoms with E-state index in [0.717, 1.165) is 18.8 Å². The van der Waals surface area contributed by atoms with Crippen LogP contribution in [0.15, 0.2) is 18.2 Å². The minimum atomic E-state index is 0.573. The molecule has 1 fully saturated rings. The fraction of sp³-hybridized carbons (Fsp3) is 0.647. The van der Waals surface area contributed by atoms with Crippen LogP contribution in [-0.4, -0.2) is 37.7 Å². The molecule has 0 amide bonds. The van der Waals surface area contributed by atoms with E-state index in [-0.39, 0.29) is 0 Å². The lowest BCUT2D eigenvalue weighted by Crippen LogP contribution is -2.40. The Bertz CT molecular complexity index is 454. The molecule has 0 saturated carbocycles. The minimum absolute atomic E-state index is 0.573. The second-order valence-electron chi connectivity index (χ2n) is 5.95. The maximum Gasteiger partial charge on any atom is 0.119 e. The van der Waals surface area contributed by atoms with Gasteiger partial charge in [-0.15, -0.1) is 0 Å². The van der Waals surface area contributed by atoms with Crippen LogP contribution >= 0.6 is 0 Å². The zero-order chi connectivity index (χ0) is 13.9. The van der Waals surface area contributed by atoms with Gasteiger partial charge in [0.25, 0.3) is 0 Å². The highest BCUT2D eigenvalue weighted by atomic mass is 16.5. The van der Waals surface area contributed by atoms with E-state index in [2.05, 4.69) is 35.3 Å². The lowest BCUT2D eigenvalue weighted by molar-refractivity contribution is 0.136. The number of ether oxygens (including phenoxy) is 1. The third-order valence-electron chi connectivity index (χ3n) is 4.90. The maximum atomic E-state index is 5.44. The second-order valence-corrected chi connectivity index (χ2v) is 5.95. The Labute approximate surface area is 122 Å². The molecule has 3 rings (SSSR count). The van der Waals surface area contributed by atoms with Crippen LogP contribution < -0.4 is 10.1 Å². The Morgan fingerprint density at radius 2 is 2.25 bits per heavy atom. The van der Waals surface area contributed by atoms with Gasteiger partial charge >= 0.3 is 0 Å². The van der Waals surface area contributed by atoms with Gasteiger partial charge in [-0.25, -0.2) is 0 Å². The molecule has 3 nitrogen and oxygen atoms in total. The lowest BCUT2D eigenvalue weighted by Gasteiger charge is -2.39. The van der Waals surface area contributed by atoms with Crippen LogP contribution in [0.4, 0.5) is 0 Å². The number of nitrogens with zero attached hydrogens (tertiary/aromatic N) is 1. The van der Waals surface area contributed by atoms with Gasteiger partial charge in [-0.2, -0.15) is 0 Å². The van der Waals surface area contributed by atoms with Gasteiger partial charge in [0.1, 0.15) is 5.75 Å². The quantitative estimate of drug-likeness (QED) is 0.913. The van der Waals surface area contributed by atoms with E-state index >= 15 is 0 Å². The molecular formula is C17H26N2O. The van der Waals surface area contributed by atoms with Crippen molar-refractivity contribution in [1.82, 2.24) is 10.2 Å². The smallest absolute Gasteiger partial charge is 0.119 e. The van der Waals surface area contributed by atoms with Crippen molar-refractivity contribution < 1.29 is 4.74 Å². The van der Waals surface area contributed by atoms with Crippen LogP contribution in [0, 0.1) is 0 Å². The Kier molecular flexibility index (Phi) is 4.27. The standard InChI is InChI=1S/C17H26N2O/c1-3-19(14-9-10-18-12-14)17-6-4-5-13-7-8-15(20-2)11-16(13)17/h7-8,11,14,17-18H,3-6,9-10,12H2,1-2H3. The summed E-state index contributed by atoms with van der Waals surface area (Å²) in [5, 5.41) is 3.51. The monoisotopic (exact) mass is 274 g/mol. The molecule has 1 saturated heterocycles. The largest absolute Gasteiger partial charge is 0.497 e. The van der Waals surface area contributed by atoms with E-state index in [9.17, 15) is 0 Å². The fourth-order valence-electron chi connectivity index (χ4n) is 3.88. The van der Waals surface area contributed by atoms with Crippen LogP contribution in [0.3, 0.4) is 0 Å². The van der Waals surface area contributed by atoms with Gasteiger partial charge in [-0.05, 0) is 62.0 Å². The normalized spacial score (nSPS) is 25.8. The number of hydrogen-bond acceptors (Lipinski definition) is 3. The average molecular weight is 274 g/mol. The van der Waals surface area contributed by atoms with Crippen LogP contribution in [0.2, 0.25) is 0 Å². The first-order valence-electron chi connectivity index (χ1n) is 7.96. The Morgan fingerprint density at radius 1 is 1.35 bits per heavy atom. The third kappa shape index (κ3) is 2.57. The van der Waals surface area contributed by atoms with Crippen LogP contribution in [-0.2, 0) is 6.42 Å². The summed E-state index contributed by atoms with van der Waals surface area (Å²) in [6.45, 7) is 5.74. The third-order valence-corrected chi connectivity index (χ3v) is 4.90. The fourth-order valence-corrected chi connectivity index (χ4v) is 3.88. The van der Waals surface area contributed by atoms with Crippen LogP contribution in [0.25, 0.3) is 0 Å². The summed E-state index contributed by atoms with van der Waals surface area (Å²) in [6, 6.07) is 7.91. The predicted molar refractivity (Wildman–Crippen MR) is 82.3 cm³/mol. The van der Waals surface area contributed by atoms with Crippen molar-refractivity contribution in [3.63, 3.8) is 0 Å². The van der Waals surface area contributed by atoms with Gasteiger partial charge in [0.05, 0.1) is 7.11 Å². The molecule has 1 N–H and O–H groups in total. The van der Waals surface area contributed by atoms with Crippen molar-refractivity contribution in [2.45, 2.75) is 44.7 Å². The van der Waals surface area contributed by atoms with Crippen molar-refractivity contribution >= 4 is 0 Å². The molecule has 2 aliphatic rings. The summed E-state index contributed by atoms with van der Waals surface area (Å²) < 4.78 is 5.44. The van der Waals surface area contributed by atoms with E-state index in [1.54, 1.807) is 7.11 Å². The number of methoxy groups -OCH3 is 1. The van der Waals surface area contributed by atoms with Crippen LogP contribution in [0.5, 0.6) is 5.75 Å². The van der Waals surface area contributed by atoms with E-state index < -0.39 is 0 Å². The van der Waals surface area contributed by atoms with Crippen LogP contribution in [0.1, 0.15) is 43.4 Å². The molecule has 1 aliphatic heterocycles. The molecule has 2 unspecified atom stereocenters.